The molecule has 2 fully saturated rings. The van der Waals surface area contributed by atoms with Gasteiger partial charge in [0.05, 0.1) is 23.3 Å². The smallest absolute Gasteiger partial charge is 0.254 e. The van der Waals surface area contributed by atoms with E-state index in [0.717, 1.165) is 53.5 Å². The minimum atomic E-state index is -0.475. The van der Waals surface area contributed by atoms with Gasteiger partial charge < -0.3 is 10.0 Å². The van der Waals surface area contributed by atoms with Gasteiger partial charge in [-0.2, -0.15) is 5.10 Å². The third-order valence-corrected chi connectivity index (χ3v) is 6.72. The summed E-state index contributed by atoms with van der Waals surface area (Å²) in [5, 5.41) is 16.1. The predicted octanol–water partition coefficient (Wildman–Crippen LogP) is 4.48. The molecule has 1 aromatic carbocycles. The van der Waals surface area contributed by atoms with Crippen LogP contribution >= 0.6 is 0 Å². The first-order valence-electron chi connectivity index (χ1n) is 11.4. The number of likely N-dealkylation sites (tertiary alicyclic amines) is 1. The molecule has 3 aromatic rings. The SMILES string of the molecule is CC(C)n1ncc2c(C(=O)N3CCC(C(O)c4ccccc4)CC3)cc(C3CC3)nc21. The van der Waals surface area contributed by atoms with E-state index in [-0.39, 0.29) is 17.9 Å². The Bertz CT molecular complexity index is 1080. The van der Waals surface area contributed by atoms with Crippen molar-refractivity contribution in [1.29, 1.82) is 0 Å². The molecule has 1 unspecified atom stereocenters. The first-order valence-corrected chi connectivity index (χ1v) is 11.4. The second kappa shape index (κ2) is 8.08. The van der Waals surface area contributed by atoms with E-state index in [4.69, 9.17) is 4.98 Å². The number of hydrogen-bond donors (Lipinski definition) is 1. The molecule has 5 rings (SSSR count). The number of aliphatic hydroxyl groups excluding tert-OH is 1. The number of amides is 1. The highest BCUT2D eigenvalue weighted by Gasteiger charge is 2.32. The van der Waals surface area contributed by atoms with Crippen molar-refractivity contribution in [3.05, 3.63) is 59.4 Å². The first-order chi connectivity index (χ1) is 15.0. The van der Waals surface area contributed by atoms with E-state index in [0.29, 0.717) is 19.0 Å². The molecule has 6 nitrogen and oxygen atoms in total. The number of fused-ring (bicyclic) bond motifs is 1. The summed E-state index contributed by atoms with van der Waals surface area (Å²) < 4.78 is 1.92. The summed E-state index contributed by atoms with van der Waals surface area (Å²) >= 11 is 0. The Morgan fingerprint density at radius 1 is 1.10 bits per heavy atom. The Hall–Kier alpha value is -2.73. The van der Waals surface area contributed by atoms with Gasteiger partial charge in [0.15, 0.2) is 5.65 Å². The number of nitrogens with zero attached hydrogens (tertiary/aromatic N) is 4. The molecule has 1 atom stereocenters. The molecule has 31 heavy (non-hydrogen) atoms. The maximum atomic E-state index is 13.5. The van der Waals surface area contributed by atoms with E-state index in [1.165, 1.54) is 0 Å². The Kier molecular flexibility index (Phi) is 5.26. The fourth-order valence-electron chi connectivity index (χ4n) is 4.69. The molecule has 1 saturated carbocycles. The number of hydrogen-bond acceptors (Lipinski definition) is 4. The molecular weight excluding hydrogens is 388 g/mol. The van der Waals surface area contributed by atoms with Crippen molar-refractivity contribution in [3.63, 3.8) is 0 Å². The summed E-state index contributed by atoms with van der Waals surface area (Å²) in [6.07, 6.45) is 5.21. The lowest BCUT2D eigenvalue weighted by Gasteiger charge is -2.34. The third kappa shape index (κ3) is 3.85. The van der Waals surface area contributed by atoms with Crippen LogP contribution in [0.2, 0.25) is 0 Å². The van der Waals surface area contributed by atoms with Gasteiger partial charge in [0.1, 0.15) is 0 Å². The van der Waals surface area contributed by atoms with E-state index in [1.807, 2.05) is 46.0 Å². The zero-order chi connectivity index (χ0) is 21.5. The van der Waals surface area contributed by atoms with E-state index in [1.54, 1.807) is 6.20 Å². The van der Waals surface area contributed by atoms with E-state index < -0.39 is 6.10 Å². The van der Waals surface area contributed by atoms with Crippen molar-refractivity contribution < 1.29 is 9.90 Å². The second-order valence-electron chi connectivity index (χ2n) is 9.27. The minimum Gasteiger partial charge on any atom is -0.388 e. The van der Waals surface area contributed by atoms with Gasteiger partial charge in [0.25, 0.3) is 5.91 Å². The Balaban J connectivity index is 1.37. The number of carbonyl (C=O) groups excluding carboxylic acids is 1. The molecule has 3 heterocycles. The summed E-state index contributed by atoms with van der Waals surface area (Å²) in [6, 6.07) is 12.0. The highest BCUT2D eigenvalue weighted by Crippen LogP contribution is 2.40. The van der Waals surface area contributed by atoms with Crippen LogP contribution in [0.3, 0.4) is 0 Å². The van der Waals surface area contributed by atoms with Gasteiger partial charge in [0, 0.05) is 30.7 Å². The quantitative estimate of drug-likeness (QED) is 0.663. The maximum absolute atomic E-state index is 13.5. The van der Waals surface area contributed by atoms with Gasteiger partial charge >= 0.3 is 0 Å². The first kappa shape index (κ1) is 20.2. The Morgan fingerprint density at radius 3 is 2.45 bits per heavy atom. The fourth-order valence-corrected chi connectivity index (χ4v) is 4.69. The molecule has 0 bridgehead atoms. The van der Waals surface area contributed by atoms with Crippen molar-refractivity contribution in [2.75, 3.05) is 13.1 Å². The maximum Gasteiger partial charge on any atom is 0.254 e. The van der Waals surface area contributed by atoms with Crippen molar-refractivity contribution in [2.24, 2.45) is 5.92 Å². The summed E-state index contributed by atoms with van der Waals surface area (Å²) in [5.74, 6) is 0.707. The number of rotatable bonds is 5. The topological polar surface area (TPSA) is 71.2 Å². The van der Waals surface area contributed by atoms with Crippen LogP contribution in [0, 0.1) is 5.92 Å². The van der Waals surface area contributed by atoms with E-state index in [2.05, 4.69) is 18.9 Å². The van der Waals surface area contributed by atoms with Gasteiger partial charge in [-0.25, -0.2) is 9.67 Å². The van der Waals surface area contributed by atoms with E-state index in [9.17, 15) is 9.90 Å². The molecule has 1 amide bonds. The lowest BCUT2D eigenvalue weighted by Crippen LogP contribution is -2.40. The normalized spacial score (nSPS) is 18.6. The van der Waals surface area contributed by atoms with Crippen molar-refractivity contribution >= 4 is 16.9 Å². The molecule has 1 aliphatic carbocycles. The van der Waals surface area contributed by atoms with Crippen molar-refractivity contribution in [1.82, 2.24) is 19.7 Å². The van der Waals surface area contributed by atoms with Gasteiger partial charge in [-0.05, 0) is 57.1 Å². The van der Waals surface area contributed by atoms with Crippen molar-refractivity contribution in [3.8, 4) is 0 Å². The van der Waals surface area contributed by atoms with Crippen LogP contribution in [-0.2, 0) is 0 Å². The molecule has 2 aliphatic rings. The summed E-state index contributed by atoms with van der Waals surface area (Å²) in [4.78, 5) is 20.3. The van der Waals surface area contributed by atoms with E-state index >= 15 is 0 Å². The van der Waals surface area contributed by atoms with Gasteiger partial charge in [-0.3, -0.25) is 4.79 Å². The molecular formula is C25H30N4O2. The summed E-state index contributed by atoms with van der Waals surface area (Å²) in [6.45, 7) is 5.49. The number of aromatic nitrogens is 3. The van der Waals surface area contributed by atoms with Crippen LogP contribution in [0.1, 0.15) is 79.2 Å². The van der Waals surface area contributed by atoms with Crippen LogP contribution in [0.25, 0.3) is 11.0 Å². The molecule has 1 saturated heterocycles. The highest BCUT2D eigenvalue weighted by atomic mass is 16.3. The molecule has 6 heteroatoms. The fraction of sp³-hybridized carbons (Fsp3) is 0.480. The largest absolute Gasteiger partial charge is 0.388 e. The number of aliphatic hydroxyl groups is 1. The number of benzene rings is 1. The number of carbonyl (C=O) groups is 1. The van der Waals surface area contributed by atoms with Crippen LogP contribution < -0.4 is 0 Å². The molecule has 2 aromatic heterocycles. The highest BCUT2D eigenvalue weighted by molar-refractivity contribution is 6.05. The van der Waals surface area contributed by atoms with Crippen LogP contribution in [-0.4, -0.2) is 43.8 Å². The van der Waals surface area contributed by atoms with Crippen LogP contribution in [0.4, 0.5) is 0 Å². The Labute approximate surface area is 182 Å². The summed E-state index contributed by atoms with van der Waals surface area (Å²) in [5.41, 5.74) is 3.52. The zero-order valence-corrected chi connectivity index (χ0v) is 18.2. The van der Waals surface area contributed by atoms with Gasteiger partial charge in [0.2, 0.25) is 0 Å². The molecule has 1 aliphatic heterocycles. The molecule has 162 valence electrons. The minimum absolute atomic E-state index is 0.0604. The molecule has 0 spiro atoms. The molecule has 1 N–H and O–H groups in total. The van der Waals surface area contributed by atoms with Crippen molar-refractivity contribution in [2.45, 2.75) is 57.6 Å². The average molecular weight is 419 g/mol. The number of piperidine rings is 1. The monoisotopic (exact) mass is 418 g/mol. The Morgan fingerprint density at radius 2 is 1.81 bits per heavy atom. The standard InChI is InChI=1S/C25H30N4O2/c1-16(2)29-24-21(15-26-29)20(14-22(27-24)17-8-9-17)25(31)28-12-10-19(11-13-28)23(30)18-6-4-3-5-7-18/h3-7,14-17,19,23,30H,8-13H2,1-2H3. The second-order valence-corrected chi connectivity index (χ2v) is 9.27. The van der Waals surface area contributed by atoms with Crippen LogP contribution in [0.15, 0.2) is 42.6 Å². The zero-order valence-electron chi connectivity index (χ0n) is 18.2. The van der Waals surface area contributed by atoms with Crippen LogP contribution in [0.5, 0.6) is 0 Å². The summed E-state index contributed by atoms with van der Waals surface area (Å²) in [7, 11) is 0. The van der Waals surface area contributed by atoms with Gasteiger partial charge in [-0.1, -0.05) is 30.3 Å². The lowest BCUT2D eigenvalue weighted by atomic mass is 9.87. The molecule has 0 radical (unpaired) electrons. The average Bonchev–Trinajstić information content (AvgIpc) is 3.56. The number of pyridine rings is 1. The predicted molar refractivity (Wildman–Crippen MR) is 120 cm³/mol. The third-order valence-electron chi connectivity index (χ3n) is 6.72. The van der Waals surface area contributed by atoms with Gasteiger partial charge in [-0.15, -0.1) is 0 Å². The lowest BCUT2D eigenvalue weighted by molar-refractivity contribution is 0.0463.